The van der Waals surface area contributed by atoms with Crippen LogP contribution in [0.5, 0.6) is 5.75 Å². The Morgan fingerprint density at radius 3 is 2.48 bits per heavy atom. The first kappa shape index (κ1) is 20.8. The predicted octanol–water partition coefficient (Wildman–Crippen LogP) is 1.97. The fourth-order valence-electron chi connectivity index (χ4n) is 2.79. The Balaban J connectivity index is 1.86. The highest BCUT2D eigenvalue weighted by molar-refractivity contribution is 5.92. The molecule has 1 saturated heterocycles. The molecule has 148 valence electrons. The molecule has 8 heteroatoms. The minimum absolute atomic E-state index is 0.0255. The Hall–Kier alpha value is -2.48. The van der Waals surface area contributed by atoms with E-state index >= 15 is 0 Å². The van der Waals surface area contributed by atoms with Crippen molar-refractivity contribution in [3.8, 4) is 5.75 Å². The molecular weight excluding hydrogens is 356 g/mol. The number of nitrogens with one attached hydrogen (secondary N) is 1. The van der Waals surface area contributed by atoms with E-state index < -0.39 is 6.61 Å². The van der Waals surface area contributed by atoms with Crippen LogP contribution in [-0.2, 0) is 9.59 Å². The van der Waals surface area contributed by atoms with Gasteiger partial charge in [-0.05, 0) is 26.0 Å². The molecule has 1 aromatic carbocycles. The Bertz CT molecular complexity index is 672. The van der Waals surface area contributed by atoms with Crippen LogP contribution in [0.4, 0.5) is 8.78 Å². The largest absolute Gasteiger partial charge is 0.434 e. The van der Waals surface area contributed by atoms with E-state index in [1.807, 2.05) is 18.7 Å². The van der Waals surface area contributed by atoms with Gasteiger partial charge in [-0.15, -0.1) is 0 Å². The summed E-state index contributed by atoms with van der Waals surface area (Å²) in [7, 11) is 0. The van der Waals surface area contributed by atoms with E-state index in [0.717, 1.165) is 0 Å². The van der Waals surface area contributed by atoms with Crippen LogP contribution >= 0.6 is 0 Å². The molecule has 2 rings (SSSR count). The number of carbonyl (C=O) groups is 2. The number of hydrogen-bond donors (Lipinski definition) is 1. The number of amides is 2. The summed E-state index contributed by atoms with van der Waals surface area (Å²) in [4.78, 5) is 27.8. The maximum atomic E-state index is 12.4. The third-order valence-electron chi connectivity index (χ3n) is 4.04. The second kappa shape index (κ2) is 10.0. The first-order chi connectivity index (χ1) is 12.8. The smallest absolute Gasteiger partial charge is 0.387 e. The predicted molar refractivity (Wildman–Crippen MR) is 98.4 cm³/mol. The number of halogens is 2. The lowest BCUT2D eigenvalue weighted by Crippen LogP contribution is -2.51. The van der Waals surface area contributed by atoms with Crippen LogP contribution in [0.2, 0.25) is 0 Å². The number of rotatable bonds is 7. The molecule has 0 aliphatic carbocycles. The van der Waals surface area contributed by atoms with E-state index in [0.29, 0.717) is 38.3 Å². The van der Waals surface area contributed by atoms with Crippen LogP contribution < -0.4 is 10.1 Å². The van der Waals surface area contributed by atoms with Gasteiger partial charge in [-0.3, -0.25) is 14.5 Å². The van der Waals surface area contributed by atoms with Crippen molar-refractivity contribution in [2.75, 3.05) is 32.7 Å². The topological polar surface area (TPSA) is 61.9 Å². The average molecular weight is 381 g/mol. The van der Waals surface area contributed by atoms with Crippen molar-refractivity contribution in [2.24, 2.45) is 0 Å². The van der Waals surface area contributed by atoms with Crippen molar-refractivity contribution in [1.29, 1.82) is 0 Å². The van der Waals surface area contributed by atoms with Gasteiger partial charge in [0, 0.05) is 43.9 Å². The molecule has 1 aromatic rings. The van der Waals surface area contributed by atoms with Crippen LogP contribution in [0.3, 0.4) is 0 Å². The lowest BCUT2D eigenvalue weighted by Gasteiger charge is -2.33. The van der Waals surface area contributed by atoms with Crippen LogP contribution in [-0.4, -0.2) is 67.0 Å². The number of ether oxygens (including phenoxy) is 1. The van der Waals surface area contributed by atoms with Gasteiger partial charge in [-0.1, -0.05) is 18.2 Å². The number of benzene rings is 1. The maximum Gasteiger partial charge on any atom is 0.387 e. The van der Waals surface area contributed by atoms with Crippen molar-refractivity contribution in [2.45, 2.75) is 26.5 Å². The molecule has 1 aliphatic rings. The summed E-state index contributed by atoms with van der Waals surface area (Å²) < 4.78 is 29.3. The SMILES string of the molecule is CC(C)NC(=O)CN1CCN(C(=O)/C=C/c2ccccc2OC(F)F)CC1. The average Bonchev–Trinajstić information content (AvgIpc) is 2.60. The third kappa shape index (κ3) is 6.97. The Labute approximate surface area is 157 Å². The van der Waals surface area contributed by atoms with E-state index in [4.69, 9.17) is 0 Å². The van der Waals surface area contributed by atoms with Crippen molar-refractivity contribution >= 4 is 17.9 Å². The van der Waals surface area contributed by atoms with Crippen LogP contribution in [0.15, 0.2) is 30.3 Å². The summed E-state index contributed by atoms with van der Waals surface area (Å²) in [5.41, 5.74) is 0.412. The lowest BCUT2D eigenvalue weighted by molar-refractivity contribution is -0.128. The molecule has 1 aliphatic heterocycles. The Kier molecular flexibility index (Phi) is 7.72. The fraction of sp³-hybridized carbons (Fsp3) is 0.474. The number of nitrogens with zero attached hydrogens (tertiary/aromatic N) is 2. The minimum Gasteiger partial charge on any atom is -0.434 e. The number of para-hydroxylation sites is 1. The molecule has 0 unspecified atom stereocenters. The summed E-state index contributed by atoms with van der Waals surface area (Å²) in [6, 6.07) is 6.40. The molecule has 1 fully saturated rings. The monoisotopic (exact) mass is 381 g/mol. The molecule has 1 N–H and O–H groups in total. The Morgan fingerprint density at radius 2 is 1.85 bits per heavy atom. The zero-order valence-electron chi connectivity index (χ0n) is 15.5. The molecule has 0 aromatic heterocycles. The molecule has 6 nitrogen and oxygen atoms in total. The van der Waals surface area contributed by atoms with E-state index in [2.05, 4.69) is 10.1 Å². The molecule has 0 bridgehead atoms. The molecule has 0 atom stereocenters. The van der Waals surface area contributed by atoms with E-state index in [-0.39, 0.29) is 23.6 Å². The molecule has 1 heterocycles. The second-order valence-electron chi connectivity index (χ2n) is 6.57. The molecule has 0 spiro atoms. The minimum atomic E-state index is -2.92. The zero-order chi connectivity index (χ0) is 19.8. The van der Waals surface area contributed by atoms with E-state index in [1.54, 1.807) is 23.1 Å². The van der Waals surface area contributed by atoms with Crippen LogP contribution in [0.1, 0.15) is 19.4 Å². The first-order valence-corrected chi connectivity index (χ1v) is 8.87. The number of piperazine rings is 1. The van der Waals surface area contributed by atoms with E-state index in [1.165, 1.54) is 18.2 Å². The number of hydrogen-bond acceptors (Lipinski definition) is 4. The third-order valence-corrected chi connectivity index (χ3v) is 4.04. The van der Waals surface area contributed by atoms with Gasteiger partial charge in [-0.2, -0.15) is 8.78 Å². The molecule has 2 amide bonds. The van der Waals surface area contributed by atoms with Gasteiger partial charge in [0.25, 0.3) is 0 Å². The van der Waals surface area contributed by atoms with Crippen molar-refractivity contribution < 1.29 is 23.1 Å². The highest BCUT2D eigenvalue weighted by Gasteiger charge is 2.21. The normalized spacial score (nSPS) is 15.6. The van der Waals surface area contributed by atoms with Crippen LogP contribution in [0.25, 0.3) is 6.08 Å². The fourth-order valence-corrected chi connectivity index (χ4v) is 2.79. The van der Waals surface area contributed by atoms with Gasteiger partial charge in [0.05, 0.1) is 6.54 Å². The Morgan fingerprint density at radius 1 is 1.19 bits per heavy atom. The summed E-state index contributed by atoms with van der Waals surface area (Å²) in [6.45, 7) is 3.44. The quantitative estimate of drug-likeness (QED) is 0.734. The number of carbonyl (C=O) groups excluding carboxylic acids is 2. The highest BCUT2D eigenvalue weighted by atomic mass is 19.3. The number of alkyl halides is 2. The second-order valence-corrected chi connectivity index (χ2v) is 6.57. The van der Waals surface area contributed by atoms with Gasteiger partial charge in [0.1, 0.15) is 5.75 Å². The van der Waals surface area contributed by atoms with Crippen molar-refractivity contribution in [1.82, 2.24) is 15.1 Å². The summed E-state index contributed by atoms with van der Waals surface area (Å²) in [5.74, 6) is -0.203. The molecule has 27 heavy (non-hydrogen) atoms. The maximum absolute atomic E-state index is 12.4. The van der Waals surface area contributed by atoms with Gasteiger partial charge in [-0.25, -0.2) is 0 Å². The molecule has 0 radical (unpaired) electrons. The van der Waals surface area contributed by atoms with Gasteiger partial charge in [0.2, 0.25) is 11.8 Å². The van der Waals surface area contributed by atoms with Crippen molar-refractivity contribution in [3.63, 3.8) is 0 Å². The van der Waals surface area contributed by atoms with Gasteiger partial charge in [0.15, 0.2) is 0 Å². The molecular formula is C19H25F2N3O3. The first-order valence-electron chi connectivity index (χ1n) is 8.87. The van der Waals surface area contributed by atoms with Gasteiger partial charge >= 0.3 is 6.61 Å². The van der Waals surface area contributed by atoms with Gasteiger partial charge < -0.3 is 15.0 Å². The van der Waals surface area contributed by atoms with Crippen molar-refractivity contribution in [3.05, 3.63) is 35.9 Å². The summed E-state index contributed by atoms with van der Waals surface area (Å²) in [5, 5.41) is 2.84. The summed E-state index contributed by atoms with van der Waals surface area (Å²) >= 11 is 0. The molecule has 0 saturated carbocycles. The van der Waals surface area contributed by atoms with E-state index in [9.17, 15) is 18.4 Å². The standard InChI is InChI=1S/C19H25F2N3O3/c1-14(2)22-17(25)13-23-9-11-24(12-10-23)18(26)8-7-15-5-3-4-6-16(15)27-19(20)21/h3-8,14,19H,9-13H2,1-2H3,(H,22,25)/b8-7+. The lowest BCUT2D eigenvalue weighted by atomic mass is 10.2. The van der Waals surface area contributed by atoms with Crippen LogP contribution in [0, 0.1) is 0 Å². The zero-order valence-corrected chi connectivity index (χ0v) is 15.5. The highest BCUT2D eigenvalue weighted by Crippen LogP contribution is 2.21. The summed E-state index contributed by atoms with van der Waals surface area (Å²) in [6.07, 6.45) is 2.83.